The summed E-state index contributed by atoms with van der Waals surface area (Å²) in [5, 5.41) is 0. The molecule has 0 aliphatic rings. The van der Waals surface area contributed by atoms with Gasteiger partial charge >= 0.3 is 11.7 Å². The maximum absolute atomic E-state index is 12.7. The number of fused-ring (bicyclic) bond motifs is 1. The third kappa shape index (κ3) is 4.08. The molecule has 0 spiro atoms. The molecule has 0 saturated carbocycles. The number of aromatic nitrogens is 4. The van der Waals surface area contributed by atoms with Gasteiger partial charge in [-0.15, -0.1) is 0 Å². The predicted octanol–water partition coefficient (Wildman–Crippen LogP) is 1.43. The fraction of sp³-hybridized carbons (Fsp3) is 0.400. The maximum Gasteiger partial charge on any atom is 0.340 e. The number of carbonyl (C=O) groups is 1. The molecule has 0 fully saturated rings. The fourth-order valence-electron chi connectivity index (χ4n) is 3.28. The summed E-state index contributed by atoms with van der Waals surface area (Å²) in [5.41, 5.74) is 6.56. The van der Waals surface area contributed by atoms with Crippen LogP contribution in [0, 0.1) is 0 Å². The molecular formula is C20H25N5O4. The van der Waals surface area contributed by atoms with Crippen molar-refractivity contribution in [3.63, 3.8) is 0 Å². The molecule has 0 aliphatic carbocycles. The Morgan fingerprint density at radius 3 is 2.66 bits per heavy atom. The highest BCUT2D eigenvalue weighted by molar-refractivity contribution is 5.95. The lowest BCUT2D eigenvalue weighted by molar-refractivity contribution is 0.0320. The van der Waals surface area contributed by atoms with Gasteiger partial charge in [-0.2, -0.15) is 0 Å². The first-order valence-corrected chi connectivity index (χ1v) is 9.47. The third-order valence-electron chi connectivity index (χ3n) is 4.93. The van der Waals surface area contributed by atoms with Gasteiger partial charge in [0.2, 0.25) is 0 Å². The van der Waals surface area contributed by atoms with Gasteiger partial charge in [0, 0.05) is 26.3 Å². The molecule has 0 radical (unpaired) electrons. The second kappa shape index (κ2) is 8.34. The highest BCUT2D eigenvalue weighted by Crippen LogP contribution is 2.14. The second-order valence-corrected chi connectivity index (χ2v) is 7.13. The minimum absolute atomic E-state index is 0.291. The van der Waals surface area contributed by atoms with E-state index in [9.17, 15) is 14.4 Å². The summed E-state index contributed by atoms with van der Waals surface area (Å²) in [5.74, 6) is -0.456. The standard InChI is InChI=1S/C20H25N5O4/c1-13(29-19(27)14-9-4-5-10-15(14)21)8-6-7-11-25-18(26)16-17(22-12-23(16)2)24(3)20(25)28/h4-5,9-10,12-13H,6-8,11,21H2,1-3H3. The number of unbranched alkanes of at least 4 members (excludes halogenated alkanes) is 1. The van der Waals surface area contributed by atoms with E-state index in [1.54, 1.807) is 42.9 Å². The van der Waals surface area contributed by atoms with E-state index < -0.39 is 5.97 Å². The van der Waals surface area contributed by atoms with Crippen molar-refractivity contribution in [3.05, 3.63) is 57.0 Å². The van der Waals surface area contributed by atoms with Crippen LogP contribution in [0.25, 0.3) is 11.2 Å². The van der Waals surface area contributed by atoms with Crippen LogP contribution in [0.4, 0.5) is 5.69 Å². The van der Waals surface area contributed by atoms with Crippen LogP contribution in [0.5, 0.6) is 0 Å². The number of anilines is 1. The Kier molecular flexibility index (Phi) is 5.86. The molecule has 0 amide bonds. The summed E-state index contributed by atoms with van der Waals surface area (Å²) in [6, 6.07) is 6.76. The largest absolute Gasteiger partial charge is 0.459 e. The molecular weight excluding hydrogens is 374 g/mol. The summed E-state index contributed by atoms with van der Waals surface area (Å²) in [6.07, 6.45) is 3.12. The second-order valence-electron chi connectivity index (χ2n) is 7.13. The van der Waals surface area contributed by atoms with E-state index in [2.05, 4.69) is 4.98 Å². The molecule has 3 aromatic rings. The lowest BCUT2D eigenvalue weighted by Crippen LogP contribution is -2.39. The van der Waals surface area contributed by atoms with Crippen LogP contribution < -0.4 is 17.0 Å². The Hall–Kier alpha value is -3.36. The van der Waals surface area contributed by atoms with Crippen molar-refractivity contribution in [2.24, 2.45) is 14.1 Å². The molecule has 0 aliphatic heterocycles. The number of nitrogens with two attached hydrogens (primary N) is 1. The van der Waals surface area contributed by atoms with E-state index >= 15 is 0 Å². The van der Waals surface area contributed by atoms with E-state index in [4.69, 9.17) is 10.5 Å². The Morgan fingerprint density at radius 1 is 1.21 bits per heavy atom. The summed E-state index contributed by atoms with van der Waals surface area (Å²) in [4.78, 5) is 41.4. The average Bonchev–Trinajstić information content (AvgIpc) is 3.07. The molecule has 2 aromatic heterocycles. The van der Waals surface area contributed by atoms with E-state index in [1.165, 1.54) is 15.5 Å². The number of nitrogen functional groups attached to an aromatic ring is 1. The number of nitrogens with zero attached hydrogens (tertiary/aromatic N) is 4. The van der Waals surface area contributed by atoms with Crippen molar-refractivity contribution in [1.82, 2.24) is 18.7 Å². The number of hydrogen-bond donors (Lipinski definition) is 1. The first kappa shape index (κ1) is 20.4. The van der Waals surface area contributed by atoms with Crippen molar-refractivity contribution in [1.29, 1.82) is 0 Å². The zero-order valence-electron chi connectivity index (χ0n) is 16.8. The first-order chi connectivity index (χ1) is 13.8. The van der Waals surface area contributed by atoms with Gasteiger partial charge in [-0.3, -0.25) is 13.9 Å². The molecule has 0 bridgehead atoms. The summed E-state index contributed by atoms with van der Waals surface area (Å²) in [7, 11) is 3.32. The maximum atomic E-state index is 12.7. The van der Waals surface area contributed by atoms with Gasteiger partial charge in [0.25, 0.3) is 5.56 Å². The normalized spacial score (nSPS) is 12.2. The SMILES string of the molecule is CC(CCCCn1c(=O)c2c(ncn2C)n(C)c1=O)OC(=O)c1ccccc1N. The van der Waals surface area contributed by atoms with Gasteiger partial charge in [0.1, 0.15) is 0 Å². The molecule has 2 N–H and O–H groups in total. The molecule has 2 heterocycles. The minimum Gasteiger partial charge on any atom is -0.459 e. The van der Waals surface area contributed by atoms with E-state index in [-0.39, 0.29) is 17.4 Å². The minimum atomic E-state index is -0.456. The van der Waals surface area contributed by atoms with Crippen molar-refractivity contribution in [3.8, 4) is 0 Å². The number of aryl methyl sites for hydroxylation is 2. The Bertz CT molecular complexity index is 1160. The van der Waals surface area contributed by atoms with Crippen molar-refractivity contribution >= 4 is 22.8 Å². The van der Waals surface area contributed by atoms with Crippen LogP contribution in [-0.2, 0) is 25.4 Å². The van der Waals surface area contributed by atoms with Crippen molar-refractivity contribution < 1.29 is 9.53 Å². The van der Waals surface area contributed by atoms with Gasteiger partial charge in [0.05, 0.1) is 18.0 Å². The van der Waals surface area contributed by atoms with Crippen molar-refractivity contribution in [2.75, 3.05) is 5.73 Å². The van der Waals surface area contributed by atoms with Gasteiger partial charge in [0.15, 0.2) is 11.2 Å². The summed E-state index contributed by atoms with van der Waals surface area (Å²) >= 11 is 0. The molecule has 9 nitrogen and oxygen atoms in total. The Labute approximate surface area is 167 Å². The molecule has 3 rings (SSSR count). The molecule has 1 aromatic carbocycles. The number of ether oxygens (including phenoxy) is 1. The summed E-state index contributed by atoms with van der Waals surface area (Å²) < 4.78 is 9.66. The van der Waals surface area contributed by atoms with Gasteiger partial charge in [-0.1, -0.05) is 12.1 Å². The number of rotatable bonds is 7. The quantitative estimate of drug-likeness (QED) is 0.365. The fourth-order valence-corrected chi connectivity index (χ4v) is 3.28. The number of hydrogen-bond acceptors (Lipinski definition) is 6. The number of benzene rings is 1. The van der Waals surface area contributed by atoms with Crippen LogP contribution in [-0.4, -0.2) is 30.8 Å². The average molecular weight is 399 g/mol. The van der Waals surface area contributed by atoms with Crippen LogP contribution in [0.2, 0.25) is 0 Å². The molecule has 29 heavy (non-hydrogen) atoms. The lowest BCUT2D eigenvalue weighted by atomic mass is 10.1. The number of imidazole rings is 1. The zero-order valence-corrected chi connectivity index (χ0v) is 16.8. The highest BCUT2D eigenvalue weighted by atomic mass is 16.5. The number of esters is 1. The smallest absolute Gasteiger partial charge is 0.340 e. The Morgan fingerprint density at radius 2 is 1.93 bits per heavy atom. The van der Waals surface area contributed by atoms with Crippen LogP contribution in [0.1, 0.15) is 36.5 Å². The van der Waals surface area contributed by atoms with Crippen LogP contribution in [0.3, 0.4) is 0 Å². The molecule has 154 valence electrons. The highest BCUT2D eigenvalue weighted by Gasteiger charge is 2.16. The topological polar surface area (TPSA) is 114 Å². The van der Waals surface area contributed by atoms with Crippen LogP contribution in [0.15, 0.2) is 40.2 Å². The van der Waals surface area contributed by atoms with Crippen LogP contribution >= 0.6 is 0 Å². The van der Waals surface area contributed by atoms with Gasteiger partial charge in [-0.25, -0.2) is 14.6 Å². The van der Waals surface area contributed by atoms with Gasteiger partial charge in [-0.05, 0) is 38.3 Å². The number of carbonyl (C=O) groups excluding carboxylic acids is 1. The lowest BCUT2D eigenvalue weighted by Gasteiger charge is -2.14. The molecule has 1 atom stereocenters. The molecule has 9 heteroatoms. The predicted molar refractivity (Wildman–Crippen MR) is 110 cm³/mol. The molecule has 0 saturated heterocycles. The Balaban J connectivity index is 1.59. The van der Waals surface area contributed by atoms with Crippen molar-refractivity contribution in [2.45, 2.75) is 38.8 Å². The summed E-state index contributed by atoms with van der Waals surface area (Å²) in [6.45, 7) is 2.10. The zero-order chi connectivity index (χ0) is 21.1. The molecule has 1 unspecified atom stereocenters. The number of para-hydroxylation sites is 1. The van der Waals surface area contributed by atoms with E-state index in [0.29, 0.717) is 48.2 Å². The third-order valence-corrected chi connectivity index (χ3v) is 4.93. The monoisotopic (exact) mass is 399 g/mol. The van der Waals surface area contributed by atoms with Gasteiger partial charge < -0.3 is 15.0 Å². The first-order valence-electron chi connectivity index (χ1n) is 9.47. The van der Waals surface area contributed by atoms with E-state index in [0.717, 1.165) is 0 Å². The van der Waals surface area contributed by atoms with E-state index in [1.807, 2.05) is 6.92 Å².